The van der Waals surface area contributed by atoms with Crippen molar-refractivity contribution >= 4 is 28.0 Å². The van der Waals surface area contributed by atoms with Crippen LogP contribution < -0.4 is 21.9 Å². The number of hydrogen-bond acceptors (Lipinski definition) is 0. The Bertz CT molecular complexity index is 1330. The fraction of sp³-hybridized carbons (Fsp3) is 0.143. The van der Waals surface area contributed by atoms with E-state index in [1.165, 1.54) is 27.7 Å². The quantitative estimate of drug-likeness (QED) is 0.250. The minimum absolute atomic E-state index is 0.237. The van der Waals surface area contributed by atoms with E-state index >= 15 is 17.6 Å². The molecule has 0 heterocycles. The van der Waals surface area contributed by atoms with Crippen molar-refractivity contribution in [1.82, 2.24) is 0 Å². The third kappa shape index (κ3) is 4.20. The third-order valence-corrected chi connectivity index (χ3v) is 7.26. The van der Waals surface area contributed by atoms with Gasteiger partial charge in [-0.05, 0) is 49.9 Å². The summed E-state index contributed by atoms with van der Waals surface area (Å²) < 4.78 is 119. The second-order valence-corrected chi connectivity index (χ2v) is 9.27. The average Bonchev–Trinajstić information content (AvgIpc) is 2.80. The predicted octanol–water partition coefficient (Wildman–Crippen LogP) is 5.41. The van der Waals surface area contributed by atoms with Gasteiger partial charge in [0.1, 0.15) is 52.7 Å². The maximum Gasteiger partial charge on any atom is 0.125 e. The first kappa shape index (κ1) is 26.4. The van der Waals surface area contributed by atoms with Crippen LogP contribution in [0.5, 0.6) is 0 Å². The van der Waals surface area contributed by atoms with Gasteiger partial charge in [-0.2, -0.15) is 21.9 Å². The molecule has 192 valence electrons. The first-order valence-electron chi connectivity index (χ1n) is 11.3. The summed E-state index contributed by atoms with van der Waals surface area (Å²) in [4.78, 5) is 0. The van der Waals surface area contributed by atoms with Crippen molar-refractivity contribution in [3.05, 3.63) is 117 Å². The topological polar surface area (TPSA) is 0 Å². The Kier molecular flexibility index (Phi) is 6.69. The summed E-state index contributed by atoms with van der Waals surface area (Å²) in [5.74, 6) is -8.71. The molecule has 0 aliphatic carbocycles. The van der Waals surface area contributed by atoms with Gasteiger partial charge in [0, 0.05) is 24.3 Å². The maximum absolute atomic E-state index is 15.0. The molecule has 0 aliphatic rings. The minimum atomic E-state index is -3.39. The van der Waals surface area contributed by atoms with Gasteiger partial charge in [0.15, 0.2) is 0 Å². The summed E-state index contributed by atoms with van der Waals surface area (Å²) in [7, 11) is 0. The van der Waals surface area contributed by atoms with Gasteiger partial charge in [0.25, 0.3) is 0 Å². The summed E-state index contributed by atoms with van der Waals surface area (Å²) in [6.45, 7) is 4.95. The molecule has 0 aromatic heterocycles. The van der Waals surface area contributed by atoms with Gasteiger partial charge in [0.2, 0.25) is 0 Å². The molecular formula is C28H20BF8-. The molecular weight excluding hydrogens is 499 g/mol. The fourth-order valence-corrected chi connectivity index (χ4v) is 5.47. The van der Waals surface area contributed by atoms with Gasteiger partial charge in [-0.1, -0.05) is 24.3 Å². The molecule has 37 heavy (non-hydrogen) atoms. The lowest BCUT2D eigenvalue weighted by Crippen LogP contribution is -2.77. The number of halogens is 8. The van der Waals surface area contributed by atoms with E-state index in [9.17, 15) is 17.6 Å². The van der Waals surface area contributed by atoms with Crippen LogP contribution >= 0.6 is 0 Å². The highest BCUT2D eigenvalue weighted by molar-refractivity contribution is 7.20. The summed E-state index contributed by atoms with van der Waals surface area (Å²) in [5, 5.41) is 0. The smallest absolute Gasteiger partial charge is 0.125 e. The monoisotopic (exact) mass is 519 g/mol. The molecule has 4 aromatic carbocycles. The van der Waals surface area contributed by atoms with E-state index in [-0.39, 0.29) is 44.1 Å². The average molecular weight is 519 g/mol. The molecule has 4 rings (SSSR count). The molecule has 9 heteroatoms. The van der Waals surface area contributed by atoms with Crippen LogP contribution in [0.2, 0.25) is 0 Å². The molecule has 0 radical (unpaired) electrons. The van der Waals surface area contributed by atoms with Crippen molar-refractivity contribution in [3.8, 4) is 0 Å². The van der Waals surface area contributed by atoms with E-state index < -0.39 is 52.7 Å². The summed E-state index contributed by atoms with van der Waals surface area (Å²) in [6.07, 6.45) is -3.39. The van der Waals surface area contributed by atoms with Crippen LogP contribution in [0.25, 0.3) is 0 Å². The molecule has 0 saturated heterocycles. The normalized spacial score (nSPS) is 11.8. The van der Waals surface area contributed by atoms with Crippen molar-refractivity contribution < 1.29 is 35.1 Å². The van der Waals surface area contributed by atoms with Crippen molar-refractivity contribution in [2.75, 3.05) is 0 Å². The molecule has 0 bridgehead atoms. The zero-order valence-corrected chi connectivity index (χ0v) is 20.2. The molecule has 0 fully saturated rings. The highest BCUT2D eigenvalue weighted by Gasteiger charge is 2.39. The summed E-state index contributed by atoms with van der Waals surface area (Å²) in [5.41, 5.74) is -2.09. The number of benzene rings is 4. The summed E-state index contributed by atoms with van der Waals surface area (Å²) in [6, 6.07) is 5.67. The van der Waals surface area contributed by atoms with Gasteiger partial charge in [-0.15, -0.1) is 0 Å². The number of rotatable bonds is 4. The largest absolute Gasteiger partial charge is 0.207 e. The highest BCUT2D eigenvalue weighted by Crippen LogP contribution is 2.23. The van der Waals surface area contributed by atoms with Crippen molar-refractivity contribution in [2.45, 2.75) is 27.7 Å². The van der Waals surface area contributed by atoms with E-state index in [0.29, 0.717) is 24.3 Å². The van der Waals surface area contributed by atoms with Crippen LogP contribution in [-0.4, -0.2) is 6.15 Å². The molecule has 0 saturated carbocycles. The van der Waals surface area contributed by atoms with Crippen LogP contribution in [-0.2, 0) is 0 Å². The van der Waals surface area contributed by atoms with E-state index in [1.54, 1.807) is 0 Å². The van der Waals surface area contributed by atoms with Gasteiger partial charge in [-0.25, -0.2) is 35.1 Å². The van der Waals surface area contributed by atoms with E-state index in [2.05, 4.69) is 0 Å². The molecule has 0 N–H and O–H groups in total. The number of hydrogen-bond donors (Lipinski definition) is 0. The Morgan fingerprint density at radius 2 is 0.541 bits per heavy atom. The predicted molar refractivity (Wildman–Crippen MR) is 129 cm³/mol. The first-order chi connectivity index (χ1) is 17.3. The second kappa shape index (κ2) is 9.36. The molecule has 0 unspecified atom stereocenters. The Hall–Kier alpha value is -3.62. The van der Waals surface area contributed by atoms with Crippen LogP contribution in [0.4, 0.5) is 35.1 Å². The molecule has 4 aromatic rings. The van der Waals surface area contributed by atoms with Crippen LogP contribution in [0, 0.1) is 74.2 Å². The Labute approximate surface area is 208 Å². The Morgan fingerprint density at radius 3 is 0.730 bits per heavy atom. The SMILES string of the molecule is Cc1c(F)cc(F)cc1[B-](c1cc(F)cc(F)c1C)(c1cc(F)cc(F)c1C)c1cc(F)cc(F)c1C. The molecule has 0 amide bonds. The standard InChI is InChI=1S/C28H20BF8/c1-13-21(5-17(30)9-25(13)34)29(22-6-18(31)10-26(35)14(22)2,23-7-19(32)11-27(36)15(23)3)24-8-20(33)12-28(37)16(24)4/h5-12H,1-4H3/q-1. The lowest BCUT2D eigenvalue weighted by molar-refractivity contribution is 0.579. The molecule has 0 atom stereocenters. The fourth-order valence-electron chi connectivity index (χ4n) is 5.47. The zero-order valence-electron chi connectivity index (χ0n) is 20.2. The molecule has 0 nitrogen and oxygen atoms in total. The molecule has 0 spiro atoms. The highest BCUT2D eigenvalue weighted by atomic mass is 19.2. The van der Waals surface area contributed by atoms with Crippen molar-refractivity contribution in [2.24, 2.45) is 0 Å². The van der Waals surface area contributed by atoms with E-state index in [1.807, 2.05) is 0 Å². The van der Waals surface area contributed by atoms with Gasteiger partial charge in [-0.3, -0.25) is 0 Å². The third-order valence-electron chi connectivity index (χ3n) is 7.26. The summed E-state index contributed by atoms with van der Waals surface area (Å²) >= 11 is 0. The zero-order chi connectivity index (χ0) is 27.4. The Balaban J connectivity index is 2.45. The van der Waals surface area contributed by atoms with Gasteiger partial charge >= 0.3 is 0 Å². The van der Waals surface area contributed by atoms with Crippen molar-refractivity contribution in [1.29, 1.82) is 0 Å². The van der Waals surface area contributed by atoms with Crippen LogP contribution in [0.1, 0.15) is 22.3 Å². The van der Waals surface area contributed by atoms with Crippen LogP contribution in [0.3, 0.4) is 0 Å². The van der Waals surface area contributed by atoms with E-state index in [0.717, 1.165) is 24.3 Å². The Morgan fingerprint density at radius 1 is 0.351 bits per heavy atom. The van der Waals surface area contributed by atoms with Crippen LogP contribution in [0.15, 0.2) is 48.5 Å². The van der Waals surface area contributed by atoms with Gasteiger partial charge in [0.05, 0.1) is 0 Å². The van der Waals surface area contributed by atoms with Crippen molar-refractivity contribution in [3.63, 3.8) is 0 Å². The maximum atomic E-state index is 15.0. The lowest BCUT2D eigenvalue weighted by Gasteiger charge is -2.48. The molecule has 0 aliphatic heterocycles. The van der Waals surface area contributed by atoms with Gasteiger partial charge < -0.3 is 0 Å². The lowest BCUT2D eigenvalue weighted by atomic mass is 9.11. The van der Waals surface area contributed by atoms with E-state index in [4.69, 9.17) is 0 Å². The second-order valence-electron chi connectivity index (χ2n) is 9.27. The minimum Gasteiger partial charge on any atom is -0.207 e. The first-order valence-corrected chi connectivity index (χ1v) is 11.3.